The molecule has 0 spiro atoms. The van der Waals surface area contributed by atoms with Crippen LogP contribution in [-0.4, -0.2) is 35.2 Å². The van der Waals surface area contributed by atoms with Crippen LogP contribution in [0.4, 0.5) is 0 Å². The molecule has 1 heterocycles. The summed E-state index contributed by atoms with van der Waals surface area (Å²) >= 11 is 3.35. The molecule has 7 heteroatoms. The minimum atomic E-state index is -3.49. The molecule has 0 saturated carbocycles. The Labute approximate surface area is 134 Å². The van der Waals surface area contributed by atoms with E-state index in [1.54, 1.807) is 6.07 Å². The summed E-state index contributed by atoms with van der Waals surface area (Å²) < 4.78 is 33.4. The first kappa shape index (κ1) is 16.9. The Hall–Kier alpha value is -0.470. The van der Waals surface area contributed by atoms with Crippen molar-refractivity contribution in [1.82, 2.24) is 10.0 Å². The quantitative estimate of drug-likeness (QED) is 0.795. The maximum atomic E-state index is 12.4. The molecular weight excluding hydrogens is 356 g/mol. The zero-order valence-electron chi connectivity index (χ0n) is 12.1. The third-order valence-electron chi connectivity index (χ3n) is 3.48. The van der Waals surface area contributed by atoms with Gasteiger partial charge in [0.2, 0.25) is 10.0 Å². The SMILES string of the molecule is CNCc1ccc(S(=O)(=O)NCC2CCCOC2)c(Br)c1. The second-order valence-corrected chi connectivity index (χ2v) is 7.82. The fraction of sp³-hybridized carbons (Fsp3) is 0.571. The number of benzene rings is 1. The van der Waals surface area contributed by atoms with Gasteiger partial charge in [-0.15, -0.1) is 0 Å². The molecule has 1 fully saturated rings. The molecule has 1 unspecified atom stereocenters. The first-order chi connectivity index (χ1) is 10.0. The van der Waals surface area contributed by atoms with Crippen LogP contribution in [0.3, 0.4) is 0 Å². The third kappa shape index (κ3) is 4.75. The predicted molar refractivity (Wildman–Crippen MR) is 85.6 cm³/mol. The average molecular weight is 377 g/mol. The Morgan fingerprint density at radius 2 is 2.24 bits per heavy atom. The molecule has 0 radical (unpaired) electrons. The molecule has 21 heavy (non-hydrogen) atoms. The third-order valence-corrected chi connectivity index (χ3v) is 5.88. The van der Waals surface area contributed by atoms with Crippen LogP contribution < -0.4 is 10.0 Å². The highest BCUT2D eigenvalue weighted by Gasteiger charge is 2.21. The van der Waals surface area contributed by atoms with E-state index in [0.29, 0.717) is 24.2 Å². The minimum Gasteiger partial charge on any atom is -0.381 e. The van der Waals surface area contributed by atoms with Gasteiger partial charge in [-0.2, -0.15) is 0 Å². The number of nitrogens with one attached hydrogen (secondary N) is 2. The van der Waals surface area contributed by atoms with Crippen LogP contribution in [0.25, 0.3) is 0 Å². The topological polar surface area (TPSA) is 67.4 Å². The maximum Gasteiger partial charge on any atom is 0.241 e. The standard InChI is InChI=1S/C14H21BrN2O3S/c1-16-8-11-4-5-14(13(15)7-11)21(18,19)17-9-12-3-2-6-20-10-12/h4-5,7,12,16-17H,2-3,6,8-10H2,1H3. The zero-order chi connectivity index (χ0) is 15.3. The van der Waals surface area contributed by atoms with Crippen molar-refractivity contribution in [3.8, 4) is 0 Å². The molecule has 0 aliphatic carbocycles. The van der Waals surface area contributed by atoms with Gasteiger partial charge in [0.05, 0.1) is 11.5 Å². The fourth-order valence-electron chi connectivity index (χ4n) is 2.35. The molecule has 1 saturated heterocycles. The Kier molecular flexibility index (Phi) is 6.19. The molecule has 118 valence electrons. The van der Waals surface area contributed by atoms with Crippen LogP contribution >= 0.6 is 15.9 Å². The molecule has 5 nitrogen and oxygen atoms in total. The second-order valence-electron chi connectivity index (χ2n) is 5.23. The van der Waals surface area contributed by atoms with Gasteiger partial charge < -0.3 is 10.1 Å². The number of sulfonamides is 1. The summed E-state index contributed by atoms with van der Waals surface area (Å²) in [7, 11) is -1.64. The Bertz CT molecular complexity index is 572. The van der Waals surface area contributed by atoms with Crippen molar-refractivity contribution in [2.75, 3.05) is 26.8 Å². The molecule has 2 rings (SSSR count). The van der Waals surface area contributed by atoms with Crippen LogP contribution in [0.2, 0.25) is 0 Å². The van der Waals surface area contributed by atoms with Gasteiger partial charge in [0.1, 0.15) is 0 Å². The van der Waals surface area contributed by atoms with E-state index in [1.807, 2.05) is 19.2 Å². The molecule has 1 aliphatic heterocycles. The van der Waals surface area contributed by atoms with Crippen molar-refractivity contribution >= 4 is 26.0 Å². The molecule has 1 aromatic rings. The molecule has 0 amide bonds. The van der Waals surface area contributed by atoms with Gasteiger partial charge in [0, 0.05) is 24.2 Å². The number of hydrogen-bond acceptors (Lipinski definition) is 4. The van der Waals surface area contributed by atoms with Crippen LogP contribution in [0.1, 0.15) is 18.4 Å². The van der Waals surface area contributed by atoms with E-state index in [0.717, 1.165) is 25.0 Å². The smallest absolute Gasteiger partial charge is 0.241 e. The average Bonchev–Trinajstić information content (AvgIpc) is 2.46. The van der Waals surface area contributed by atoms with Crippen molar-refractivity contribution in [3.63, 3.8) is 0 Å². The molecule has 2 N–H and O–H groups in total. The van der Waals surface area contributed by atoms with E-state index >= 15 is 0 Å². The molecule has 1 aromatic carbocycles. The summed E-state index contributed by atoms with van der Waals surface area (Å²) in [6.07, 6.45) is 2.00. The van der Waals surface area contributed by atoms with E-state index < -0.39 is 10.0 Å². The Morgan fingerprint density at radius 3 is 2.86 bits per heavy atom. The lowest BCUT2D eigenvalue weighted by molar-refractivity contribution is 0.0568. The van der Waals surface area contributed by atoms with Gasteiger partial charge in [-0.05, 0) is 59.4 Å². The number of ether oxygens (including phenoxy) is 1. The Balaban J connectivity index is 2.04. The van der Waals surface area contributed by atoms with Gasteiger partial charge in [-0.25, -0.2) is 13.1 Å². The summed E-state index contributed by atoms with van der Waals surface area (Å²) in [4.78, 5) is 0.277. The van der Waals surface area contributed by atoms with Gasteiger partial charge in [0.25, 0.3) is 0 Å². The van der Waals surface area contributed by atoms with Crippen LogP contribution in [0, 0.1) is 5.92 Å². The minimum absolute atomic E-state index is 0.260. The van der Waals surface area contributed by atoms with Crippen molar-refractivity contribution in [3.05, 3.63) is 28.2 Å². The number of halogens is 1. The van der Waals surface area contributed by atoms with Crippen molar-refractivity contribution in [2.45, 2.75) is 24.3 Å². The van der Waals surface area contributed by atoms with E-state index in [9.17, 15) is 8.42 Å². The van der Waals surface area contributed by atoms with Gasteiger partial charge in [-0.3, -0.25) is 0 Å². The van der Waals surface area contributed by atoms with Crippen molar-refractivity contribution in [2.24, 2.45) is 5.92 Å². The van der Waals surface area contributed by atoms with Gasteiger partial charge in [0.15, 0.2) is 0 Å². The number of hydrogen-bond donors (Lipinski definition) is 2. The summed E-state index contributed by atoms with van der Waals surface area (Å²) in [5.41, 5.74) is 1.03. The highest BCUT2D eigenvalue weighted by Crippen LogP contribution is 2.23. The Morgan fingerprint density at radius 1 is 1.43 bits per heavy atom. The lowest BCUT2D eigenvalue weighted by atomic mass is 10.0. The van der Waals surface area contributed by atoms with E-state index in [1.165, 1.54) is 0 Å². The molecular formula is C14H21BrN2O3S. The van der Waals surface area contributed by atoms with Gasteiger partial charge in [-0.1, -0.05) is 6.07 Å². The fourth-order valence-corrected chi connectivity index (χ4v) is 4.59. The van der Waals surface area contributed by atoms with E-state index in [4.69, 9.17) is 4.74 Å². The summed E-state index contributed by atoms with van der Waals surface area (Å²) in [6, 6.07) is 5.28. The van der Waals surface area contributed by atoms with E-state index in [-0.39, 0.29) is 10.8 Å². The van der Waals surface area contributed by atoms with Crippen LogP contribution in [-0.2, 0) is 21.3 Å². The van der Waals surface area contributed by atoms with Crippen LogP contribution in [0.5, 0.6) is 0 Å². The first-order valence-corrected chi connectivity index (χ1v) is 9.31. The molecule has 0 aromatic heterocycles. The molecule has 1 aliphatic rings. The summed E-state index contributed by atoms with van der Waals surface area (Å²) in [5.74, 6) is 0.260. The van der Waals surface area contributed by atoms with Gasteiger partial charge >= 0.3 is 0 Å². The largest absolute Gasteiger partial charge is 0.381 e. The normalized spacial score (nSPS) is 19.6. The molecule has 1 atom stereocenters. The lowest BCUT2D eigenvalue weighted by Crippen LogP contribution is -2.33. The highest BCUT2D eigenvalue weighted by atomic mass is 79.9. The van der Waals surface area contributed by atoms with E-state index in [2.05, 4.69) is 26.0 Å². The lowest BCUT2D eigenvalue weighted by Gasteiger charge is -2.22. The second kappa shape index (κ2) is 7.69. The summed E-state index contributed by atoms with van der Waals surface area (Å²) in [5, 5.41) is 3.04. The van der Waals surface area contributed by atoms with Crippen LogP contribution in [0.15, 0.2) is 27.6 Å². The summed E-state index contributed by atoms with van der Waals surface area (Å²) in [6.45, 7) is 2.53. The molecule has 0 bridgehead atoms. The predicted octanol–water partition coefficient (Wildman–Crippen LogP) is 1.87. The van der Waals surface area contributed by atoms with Crippen molar-refractivity contribution in [1.29, 1.82) is 0 Å². The first-order valence-electron chi connectivity index (χ1n) is 7.03. The highest BCUT2D eigenvalue weighted by molar-refractivity contribution is 9.10. The van der Waals surface area contributed by atoms with Crippen molar-refractivity contribution < 1.29 is 13.2 Å². The maximum absolute atomic E-state index is 12.4. The number of rotatable bonds is 6. The zero-order valence-corrected chi connectivity index (χ0v) is 14.5. The monoisotopic (exact) mass is 376 g/mol.